The molecule has 1 radical (unpaired) electrons. The van der Waals surface area contributed by atoms with Gasteiger partial charge >= 0.3 is 0 Å². The van der Waals surface area contributed by atoms with E-state index in [1.54, 1.807) is 0 Å². The first-order valence-corrected chi connectivity index (χ1v) is 5.39. The molecule has 0 fully saturated rings. The minimum Gasteiger partial charge on any atom is -0.457 e. The van der Waals surface area contributed by atoms with E-state index in [-0.39, 0.29) is 0 Å². The first-order valence-electron chi connectivity index (χ1n) is 5.39. The number of benzene rings is 2. The molecule has 1 nitrogen and oxygen atoms in total. The van der Waals surface area contributed by atoms with Crippen LogP contribution in [0.15, 0.2) is 36.4 Å². The quantitative estimate of drug-likeness (QED) is 0.723. The molecule has 0 aromatic heterocycles. The van der Waals surface area contributed by atoms with Gasteiger partial charge in [0, 0.05) is 6.07 Å². The highest BCUT2D eigenvalue weighted by Crippen LogP contribution is 2.25. The Kier molecular flexibility index (Phi) is 2.95. The van der Waals surface area contributed by atoms with Gasteiger partial charge in [-0.25, -0.2) is 0 Å². The van der Waals surface area contributed by atoms with Gasteiger partial charge in [-0.05, 0) is 55.7 Å². The summed E-state index contributed by atoms with van der Waals surface area (Å²) in [6, 6.07) is 14.8. The van der Waals surface area contributed by atoms with Crippen molar-refractivity contribution < 1.29 is 4.74 Å². The highest BCUT2D eigenvalue weighted by molar-refractivity contribution is 5.41. The molecule has 0 aliphatic rings. The van der Waals surface area contributed by atoms with Crippen molar-refractivity contribution in [3.63, 3.8) is 0 Å². The van der Waals surface area contributed by atoms with Crippen molar-refractivity contribution in [2.75, 3.05) is 0 Å². The third-order valence-corrected chi connectivity index (χ3v) is 2.81. The summed E-state index contributed by atoms with van der Waals surface area (Å²) >= 11 is 0. The SMILES string of the molecule is Cc1cc(Oc2[c]cccc2)cc(C)c1C. The van der Waals surface area contributed by atoms with Crippen molar-refractivity contribution in [3.8, 4) is 11.5 Å². The Hall–Kier alpha value is -1.76. The van der Waals surface area contributed by atoms with Crippen LogP contribution < -0.4 is 4.74 Å². The van der Waals surface area contributed by atoms with Gasteiger partial charge in [-0.15, -0.1) is 0 Å². The third-order valence-electron chi connectivity index (χ3n) is 2.81. The smallest absolute Gasteiger partial charge is 0.135 e. The molecule has 0 aliphatic heterocycles. The van der Waals surface area contributed by atoms with Gasteiger partial charge in [-0.1, -0.05) is 18.2 Å². The Morgan fingerprint density at radius 2 is 1.69 bits per heavy atom. The first kappa shape index (κ1) is 10.7. The topological polar surface area (TPSA) is 9.23 Å². The van der Waals surface area contributed by atoms with E-state index in [4.69, 9.17) is 4.74 Å². The molecule has 2 rings (SSSR count). The number of aryl methyl sites for hydroxylation is 2. The van der Waals surface area contributed by atoms with E-state index in [1.165, 1.54) is 16.7 Å². The number of para-hydroxylation sites is 1. The maximum Gasteiger partial charge on any atom is 0.135 e. The van der Waals surface area contributed by atoms with E-state index in [0.717, 1.165) is 11.5 Å². The average molecular weight is 211 g/mol. The Morgan fingerprint density at radius 1 is 1.00 bits per heavy atom. The lowest BCUT2D eigenvalue weighted by atomic mass is 10.0. The van der Waals surface area contributed by atoms with Crippen molar-refractivity contribution in [1.82, 2.24) is 0 Å². The molecular weight excluding hydrogens is 196 g/mol. The van der Waals surface area contributed by atoms with Crippen LogP contribution in [0.5, 0.6) is 11.5 Å². The summed E-state index contributed by atoms with van der Waals surface area (Å²) in [6.45, 7) is 6.33. The first-order chi connectivity index (χ1) is 7.66. The van der Waals surface area contributed by atoms with Crippen molar-refractivity contribution in [2.45, 2.75) is 20.8 Å². The van der Waals surface area contributed by atoms with E-state index in [1.807, 2.05) is 24.3 Å². The normalized spacial score (nSPS) is 10.2. The second-order valence-electron chi connectivity index (χ2n) is 4.01. The lowest BCUT2D eigenvalue weighted by Gasteiger charge is -2.10. The van der Waals surface area contributed by atoms with Crippen LogP contribution in [0.25, 0.3) is 0 Å². The van der Waals surface area contributed by atoms with Crippen LogP contribution in [0.4, 0.5) is 0 Å². The Morgan fingerprint density at radius 3 is 2.25 bits per heavy atom. The Bertz CT molecular complexity index is 463. The predicted molar refractivity (Wildman–Crippen MR) is 66.0 cm³/mol. The zero-order valence-corrected chi connectivity index (χ0v) is 9.87. The molecule has 2 aromatic carbocycles. The van der Waals surface area contributed by atoms with Crippen LogP contribution in [0.1, 0.15) is 16.7 Å². The minimum absolute atomic E-state index is 0.755. The Balaban J connectivity index is 2.29. The maximum atomic E-state index is 5.74. The lowest BCUT2D eigenvalue weighted by Crippen LogP contribution is -1.90. The molecule has 0 spiro atoms. The van der Waals surface area contributed by atoms with Crippen LogP contribution in [0.2, 0.25) is 0 Å². The van der Waals surface area contributed by atoms with Crippen LogP contribution in [-0.4, -0.2) is 0 Å². The number of hydrogen-bond donors (Lipinski definition) is 0. The number of ether oxygens (including phenoxy) is 1. The van der Waals surface area contributed by atoms with E-state index < -0.39 is 0 Å². The van der Waals surface area contributed by atoms with E-state index in [9.17, 15) is 0 Å². The molecule has 0 heterocycles. The van der Waals surface area contributed by atoms with Crippen molar-refractivity contribution >= 4 is 0 Å². The zero-order chi connectivity index (χ0) is 11.5. The van der Waals surface area contributed by atoms with Gasteiger partial charge in [0.25, 0.3) is 0 Å². The van der Waals surface area contributed by atoms with Gasteiger partial charge in [-0.2, -0.15) is 0 Å². The predicted octanol–water partition coefficient (Wildman–Crippen LogP) is 4.20. The third kappa shape index (κ3) is 2.25. The molecule has 0 amide bonds. The van der Waals surface area contributed by atoms with E-state index in [0.29, 0.717) is 0 Å². The molecule has 2 aromatic rings. The van der Waals surface area contributed by atoms with Crippen molar-refractivity contribution in [2.24, 2.45) is 0 Å². The van der Waals surface area contributed by atoms with Crippen LogP contribution in [0, 0.1) is 26.8 Å². The van der Waals surface area contributed by atoms with Crippen molar-refractivity contribution in [3.05, 3.63) is 59.2 Å². The van der Waals surface area contributed by atoms with E-state index in [2.05, 4.69) is 39.0 Å². The summed E-state index contributed by atoms with van der Waals surface area (Å²) in [7, 11) is 0. The minimum atomic E-state index is 0.755. The summed E-state index contributed by atoms with van der Waals surface area (Å²) < 4.78 is 5.74. The molecule has 0 atom stereocenters. The molecule has 0 unspecified atom stereocenters. The van der Waals surface area contributed by atoms with Gasteiger partial charge in [-0.3, -0.25) is 0 Å². The number of hydrogen-bond acceptors (Lipinski definition) is 1. The molecule has 16 heavy (non-hydrogen) atoms. The molecule has 0 aliphatic carbocycles. The second-order valence-corrected chi connectivity index (χ2v) is 4.01. The van der Waals surface area contributed by atoms with Crippen LogP contribution in [-0.2, 0) is 0 Å². The molecule has 0 bridgehead atoms. The van der Waals surface area contributed by atoms with Gasteiger partial charge in [0.15, 0.2) is 0 Å². The molecule has 81 valence electrons. The number of rotatable bonds is 2. The summed E-state index contributed by atoms with van der Waals surface area (Å²) in [6.07, 6.45) is 0. The highest BCUT2D eigenvalue weighted by atomic mass is 16.5. The lowest BCUT2D eigenvalue weighted by molar-refractivity contribution is 0.480. The average Bonchev–Trinajstić information content (AvgIpc) is 2.27. The van der Waals surface area contributed by atoms with Gasteiger partial charge in [0.1, 0.15) is 11.5 Å². The molecular formula is C15H15O. The summed E-state index contributed by atoms with van der Waals surface area (Å²) in [5.74, 6) is 1.63. The summed E-state index contributed by atoms with van der Waals surface area (Å²) in [4.78, 5) is 0. The maximum absolute atomic E-state index is 5.74. The van der Waals surface area contributed by atoms with Gasteiger partial charge in [0.05, 0.1) is 0 Å². The summed E-state index contributed by atoms with van der Waals surface area (Å²) in [5, 5.41) is 0. The van der Waals surface area contributed by atoms with Gasteiger partial charge < -0.3 is 4.74 Å². The fraction of sp³-hybridized carbons (Fsp3) is 0.200. The largest absolute Gasteiger partial charge is 0.457 e. The monoisotopic (exact) mass is 211 g/mol. The Labute approximate surface area is 96.7 Å². The fourth-order valence-corrected chi connectivity index (χ4v) is 1.62. The van der Waals surface area contributed by atoms with Gasteiger partial charge in [0.2, 0.25) is 0 Å². The molecule has 0 saturated heterocycles. The van der Waals surface area contributed by atoms with E-state index >= 15 is 0 Å². The standard InChI is InChI=1S/C15H15O/c1-11-9-15(10-12(2)13(11)3)16-14-7-5-4-6-8-14/h4-7,9-10H,1-3H3. The fourth-order valence-electron chi connectivity index (χ4n) is 1.62. The van der Waals surface area contributed by atoms with Crippen LogP contribution >= 0.6 is 0 Å². The zero-order valence-electron chi connectivity index (χ0n) is 9.87. The molecule has 0 saturated carbocycles. The molecule has 0 N–H and O–H groups in total. The van der Waals surface area contributed by atoms with Crippen molar-refractivity contribution in [1.29, 1.82) is 0 Å². The summed E-state index contributed by atoms with van der Waals surface area (Å²) in [5.41, 5.74) is 3.83. The van der Waals surface area contributed by atoms with Crippen LogP contribution in [0.3, 0.4) is 0 Å². The second kappa shape index (κ2) is 4.40. The highest BCUT2D eigenvalue weighted by Gasteiger charge is 2.02. The molecule has 1 heteroatoms.